The highest BCUT2D eigenvalue weighted by atomic mass is 19.4. The number of nitrogens with zero attached hydrogens (tertiary/aromatic N) is 2. The molecule has 0 spiro atoms. The van der Waals surface area contributed by atoms with E-state index in [9.17, 15) is 32.7 Å². The summed E-state index contributed by atoms with van der Waals surface area (Å²) in [5.41, 5.74) is 1.42. The van der Waals surface area contributed by atoms with Gasteiger partial charge in [0.15, 0.2) is 5.78 Å². The summed E-state index contributed by atoms with van der Waals surface area (Å²) in [6, 6.07) is 6.31. The third-order valence-electron chi connectivity index (χ3n) is 9.14. The first-order chi connectivity index (χ1) is 22.5. The fraction of sp³-hybridized carbons (Fsp3) is 0.486. The number of hydrogen-bond acceptors (Lipinski definition) is 5. The molecule has 0 amide bonds. The number of halogens is 4. The number of likely N-dealkylation sites (tertiary alicyclic amines) is 1. The van der Waals surface area contributed by atoms with Crippen LogP contribution in [0.5, 0.6) is 5.75 Å². The highest BCUT2D eigenvalue weighted by molar-refractivity contribution is 5.84. The zero-order chi connectivity index (χ0) is 35.5. The number of alkyl halides is 3. The van der Waals surface area contributed by atoms with Crippen molar-refractivity contribution in [3.8, 4) is 16.9 Å². The maximum absolute atomic E-state index is 15.9. The standard InChI is InChI=1S/C37H44F4N2O5/c1-21(2)12-31(43-20-25(8-11-42-9-7-10-42)30(19-33(43)45)37(39,40)41)32(44)17-26(18-34(46)47)29-16-27(13-24(5)36(29)38)35-22(3)14-28(48-6)15-23(35)4/h13-16,19-21,26,31H,7-12,17-18H2,1-6H3,(H,46,47)/t26-,31?/m0/s1. The molecule has 0 saturated carbocycles. The summed E-state index contributed by atoms with van der Waals surface area (Å²) in [5, 5.41) is 9.85. The number of methoxy groups -OCH3 is 1. The summed E-state index contributed by atoms with van der Waals surface area (Å²) in [5.74, 6) is -3.02. The van der Waals surface area contributed by atoms with E-state index < -0.39 is 59.7 Å². The molecule has 11 heteroatoms. The van der Waals surface area contributed by atoms with E-state index in [1.54, 1.807) is 26.2 Å². The third-order valence-corrected chi connectivity index (χ3v) is 9.14. The number of aromatic nitrogens is 1. The van der Waals surface area contributed by atoms with Gasteiger partial charge in [0.25, 0.3) is 5.56 Å². The number of benzene rings is 2. The number of rotatable bonds is 14. The molecule has 1 N–H and O–H groups in total. The molecule has 0 bridgehead atoms. The molecule has 1 aliphatic heterocycles. The topological polar surface area (TPSA) is 88.8 Å². The van der Waals surface area contributed by atoms with Crippen LogP contribution in [-0.4, -0.2) is 53.1 Å². The Hall–Kier alpha value is -3.99. The summed E-state index contributed by atoms with van der Waals surface area (Å²) in [6.45, 7) is 10.9. The fourth-order valence-corrected chi connectivity index (χ4v) is 6.65. The minimum atomic E-state index is -4.76. The molecule has 1 fully saturated rings. The lowest BCUT2D eigenvalue weighted by atomic mass is 9.83. The summed E-state index contributed by atoms with van der Waals surface area (Å²) < 4.78 is 64.4. The van der Waals surface area contributed by atoms with Crippen LogP contribution < -0.4 is 10.3 Å². The van der Waals surface area contributed by atoms with E-state index in [1.807, 2.05) is 44.7 Å². The van der Waals surface area contributed by atoms with Crippen LogP contribution in [-0.2, 0) is 22.2 Å². The first kappa shape index (κ1) is 36.8. The highest BCUT2D eigenvalue weighted by Crippen LogP contribution is 2.38. The van der Waals surface area contributed by atoms with Gasteiger partial charge in [0.1, 0.15) is 11.6 Å². The van der Waals surface area contributed by atoms with E-state index in [0.717, 1.165) is 47.0 Å². The number of ketones is 1. The monoisotopic (exact) mass is 672 g/mol. The second kappa shape index (κ2) is 15.1. The molecule has 0 aliphatic carbocycles. The second-order valence-corrected chi connectivity index (χ2v) is 13.3. The molecular weight excluding hydrogens is 628 g/mol. The zero-order valence-electron chi connectivity index (χ0n) is 28.3. The second-order valence-electron chi connectivity index (χ2n) is 13.3. The number of aryl methyl sites for hydroxylation is 3. The number of ether oxygens (including phenoxy) is 1. The molecule has 2 atom stereocenters. The molecule has 7 nitrogen and oxygen atoms in total. The van der Waals surface area contributed by atoms with Gasteiger partial charge in [-0.25, -0.2) is 4.39 Å². The van der Waals surface area contributed by atoms with Gasteiger partial charge in [-0.2, -0.15) is 13.2 Å². The van der Waals surface area contributed by atoms with Crippen LogP contribution >= 0.6 is 0 Å². The average Bonchev–Trinajstić information content (AvgIpc) is 2.95. The number of carbonyl (C=O) groups is 2. The van der Waals surface area contributed by atoms with Crippen molar-refractivity contribution in [2.75, 3.05) is 26.7 Å². The van der Waals surface area contributed by atoms with Crippen molar-refractivity contribution in [3.63, 3.8) is 0 Å². The SMILES string of the molecule is COc1cc(C)c(-c2cc(C)c(F)c([C@H](CC(=O)O)CC(=O)C(CC(C)C)n3cc(CCN4CCC4)c(C(F)(F)F)cc3=O)c2)c(C)c1. The van der Waals surface area contributed by atoms with Crippen LogP contribution in [0.3, 0.4) is 0 Å². The molecule has 1 unspecified atom stereocenters. The van der Waals surface area contributed by atoms with Gasteiger partial charge in [-0.05, 0) is 122 Å². The number of hydrogen-bond donors (Lipinski definition) is 1. The molecule has 260 valence electrons. The van der Waals surface area contributed by atoms with Gasteiger partial charge in [0, 0.05) is 31.1 Å². The lowest BCUT2D eigenvalue weighted by Crippen LogP contribution is -2.39. The first-order valence-corrected chi connectivity index (χ1v) is 16.2. The van der Waals surface area contributed by atoms with Gasteiger partial charge < -0.3 is 19.3 Å². The van der Waals surface area contributed by atoms with E-state index in [4.69, 9.17) is 4.74 Å². The Morgan fingerprint density at radius 1 is 0.979 bits per heavy atom. The molecule has 2 aromatic carbocycles. The van der Waals surface area contributed by atoms with Gasteiger partial charge >= 0.3 is 12.1 Å². The molecule has 1 aliphatic rings. The van der Waals surface area contributed by atoms with Crippen LogP contribution in [0.25, 0.3) is 11.1 Å². The lowest BCUT2D eigenvalue weighted by Gasteiger charge is -2.31. The molecular formula is C37H44F4N2O5. The summed E-state index contributed by atoms with van der Waals surface area (Å²) in [7, 11) is 1.56. The number of aliphatic carboxylic acids is 1. The Kier molecular flexibility index (Phi) is 11.6. The fourth-order valence-electron chi connectivity index (χ4n) is 6.65. The maximum atomic E-state index is 15.9. The van der Waals surface area contributed by atoms with Crippen LogP contribution in [0.4, 0.5) is 17.6 Å². The van der Waals surface area contributed by atoms with Crippen molar-refractivity contribution in [1.29, 1.82) is 0 Å². The van der Waals surface area contributed by atoms with Crippen LogP contribution in [0.15, 0.2) is 41.3 Å². The average molecular weight is 673 g/mol. The Morgan fingerprint density at radius 3 is 2.15 bits per heavy atom. The van der Waals surface area contributed by atoms with Crippen molar-refractivity contribution in [1.82, 2.24) is 9.47 Å². The van der Waals surface area contributed by atoms with E-state index >= 15 is 4.39 Å². The molecule has 1 aromatic heterocycles. The third kappa shape index (κ3) is 8.53. The number of carboxylic acid groups (broad SMARTS) is 1. The largest absolute Gasteiger partial charge is 0.497 e. The van der Waals surface area contributed by atoms with Gasteiger partial charge in [0.2, 0.25) is 0 Å². The minimum absolute atomic E-state index is 0.0425. The predicted octanol–water partition coefficient (Wildman–Crippen LogP) is 7.66. The first-order valence-electron chi connectivity index (χ1n) is 16.2. The van der Waals surface area contributed by atoms with Crippen molar-refractivity contribution < 1.29 is 37.0 Å². The maximum Gasteiger partial charge on any atom is 0.416 e. The molecule has 0 radical (unpaired) electrons. The van der Waals surface area contributed by atoms with Gasteiger partial charge in [0.05, 0.1) is 25.1 Å². The summed E-state index contributed by atoms with van der Waals surface area (Å²) in [4.78, 5) is 41.5. The van der Waals surface area contributed by atoms with Crippen molar-refractivity contribution >= 4 is 11.8 Å². The van der Waals surface area contributed by atoms with Crippen molar-refractivity contribution in [2.24, 2.45) is 5.92 Å². The number of pyridine rings is 1. The Bertz CT molecular complexity index is 1700. The van der Waals surface area contributed by atoms with Crippen LogP contribution in [0.1, 0.15) is 84.9 Å². The number of carbonyl (C=O) groups excluding carboxylic acids is 1. The van der Waals surface area contributed by atoms with Gasteiger partial charge in [-0.15, -0.1) is 0 Å². The predicted molar refractivity (Wildman–Crippen MR) is 176 cm³/mol. The minimum Gasteiger partial charge on any atom is -0.497 e. The zero-order valence-corrected chi connectivity index (χ0v) is 28.3. The molecule has 3 aromatic rings. The molecule has 1 saturated heterocycles. The quantitative estimate of drug-likeness (QED) is 0.177. The van der Waals surface area contributed by atoms with Gasteiger partial charge in [-0.3, -0.25) is 14.4 Å². The van der Waals surface area contributed by atoms with Crippen molar-refractivity contribution in [3.05, 3.63) is 86.1 Å². The van der Waals surface area contributed by atoms with E-state index in [2.05, 4.69) is 0 Å². The normalized spacial score (nSPS) is 14.9. The smallest absolute Gasteiger partial charge is 0.416 e. The summed E-state index contributed by atoms with van der Waals surface area (Å²) >= 11 is 0. The molecule has 48 heavy (non-hydrogen) atoms. The van der Waals surface area contributed by atoms with E-state index in [1.165, 1.54) is 0 Å². The Labute approximate surface area is 278 Å². The van der Waals surface area contributed by atoms with Crippen LogP contribution in [0, 0.1) is 32.5 Å². The van der Waals surface area contributed by atoms with E-state index in [0.29, 0.717) is 23.9 Å². The Balaban J connectivity index is 1.77. The Morgan fingerprint density at radius 2 is 1.62 bits per heavy atom. The van der Waals surface area contributed by atoms with Crippen LogP contribution in [0.2, 0.25) is 0 Å². The number of carboxylic acids is 1. The molecule has 2 heterocycles. The molecule has 4 rings (SSSR count). The summed E-state index contributed by atoms with van der Waals surface area (Å²) in [6.07, 6.45) is -3.47. The lowest BCUT2D eigenvalue weighted by molar-refractivity contribution is -0.139. The highest BCUT2D eigenvalue weighted by Gasteiger charge is 2.36. The van der Waals surface area contributed by atoms with Gasteiger partial charge in [-0.1, -0.05) is 13.8 Å². The van der Waals surface area contributed by atoms with Crippen molar-refractivity contribution in [2.45, 2.75) is 84.9 Å². The van der Waals surface area contributed by atoms with E-state index in [-0.39, 0.29) is 35.4 Å². The number of Topliss-reactive ketones (excluding diaryl/α,β-unsaturated/α-hetero) is 1.